The van der Waals surface area contributed by atoms with Crippen molar-refractivity contribution in [1.29, 1.82) is 0 Å². The van der Waals surface area contributed by atoms with Crippen molar-refractivity contribution in [2.24, 2.45) is 0 Å². The number of hydrogen-bond donors (Lipinski definition) is 0. The second-order valence-corrected chi connectivity index (χ2v) is 7.13. The lowest BCUT2D eigenvalue weighted by molar-refractivity contribution is 0.344. The van der Waals surface area contributed by atoms with E-state index in [-0.39, 0.29) is 0 Å². The molecule has 128 valence electrons. The van der Waals surface area contributed by atoms with E-state index < -0.39 is 0 Å². The van der Waals surface area contributed by atoms with E-state index in [1.165, 1.54) is 12.8 Å². The molecular formula is C20H21N3OS. The van der Waals surface area contributed by atoms with E-state index in [4.69, 9.17) is 14.7 Å². The number of para-hydroxylation sites is 3. The summed E-state index contributed by atoms with van der Waals surface area (Å²) in [6.45, 7) is 2.80. The van der Waals surface area contributed by atoms with Crippen molar-refractivity contribution < 1.29 is 4.74 Å². The summed E-state index contributed by atoms with van der Waals surface area (Å²) >= 11 is 1.73. The summed E-state index contributed by atoms with van der Waals surface area (Å²) in [5.41, 5.74) is 1.92. The van der Waals surface area contributed by atoms with Gasteiger partial charge in [0.2, 0.25) is 0 Å². The second-order valence-electron chi connectivity index (χ2n) is 6.05. The molecule has 2 heterocycles. The molecule has 25 heavy (non-hydrogen) atoms. The summed E-state index contributed by atoms with van der Waals surface area (Å²) < 4.78 is 5.80. The van der Waals surface area contributed by atoms with Gasteiger partial charge in [0.05, 0.1) is 17.6 Å². The lowest BCUT2D eigenvalue weighted by Gasteiger charge is -2.19. The fourth-order valence-electron chi connectivity index (χ4n) is 3.02. The van der Waals surface area contributed by atoms with Crippen molar-refractivity contribution in [2.75, 3.05) is 30.3 Å². The molecule has 1 aromatic heterocycles. The molecule has 4 rings (SSSR count). The molecule has 0 atom stereocenters. The first-order valence-corrected chi connectivity index (χ1v) is 9.71. The van der Waals surface area contributed by atoms with E-state index in [0.717, 1.165) is 46.5 Å². The number of ether oxygens (including phenoxy) is 1. The fraction of sp³-hybridized carbons (Fsp3) is 0.300. The van der Waals surface area contributed by atoms with Crippen LogP contribution in [-0.4, -0.2) is 35.4 Å². The molecule has 0 unspecified atom stereocenters. The Kier molecular flexibility index (Phi) is 5.02. The van der Waals surface area contributed by atoms with Crippen molar-refractivity contribution in [1.82, 2.24) is 9.97 Å². The minimum atomic E-state index is 0.655. The van der Waals surface area contributed by atoms with Gasteiger partial charge in [-0.3, -0.25) is 0 Å². The van der Waals surface area contributed by atoms with Gasteiger partial charge in [-0.2, -0.15) is 0 Å². The number of aromatic nitrogens is 2. The van der Waals surface area contributed by atoms with Crippen LogP contribution in [0.2, 0.25) is 0 Å². The van der Waals surface area contributed by atoms with Crippen LogP contribution in [0.25, 0.3) is 11.0 Å². The van der Waals surface area contributed by atoms with Crippen molar-refractivity contribution >= 4 is 28.6 Å². The first-order valence-electron chi connectivity index (χ1n) is 8.72. The molecule has 0 radical (unpaired) electrons. The second kappa shape index (κ2) is 7.74. The Hall–Kier alpha value is -2.27. The molecule has 1 fully saturated rings. The third-order valence-corrected chi connectivity index (χ3v) is 5.18. The van der Waals surface area contributed by atoms with E-state index in [0.29, 0.717) is 6.61 Å². The molecule has 0 N–H and O–H groups in total. The lowest BCUT2D eigenvalue weighted by Crippen LogP contribution is -2.20. The maximum absolute atomic E-state index is 5.80. The largest absolute Gasteiger partial charge is 0.493 e. The highest BCUT2D eigenvalue weighted by Gasteiger charge is 2.19. The maximum atomic E-state index is 5.80. The number of benzene rings is 2. The number of hydrogen-bond acceptors (Lipinski definition) is 5. The van der Waals surface area contributed by atoms with Gasteiger partial charge in [0, 0.05) is 18.8 Å². The van der Waals surface area contributed by atoms with Crippen LogP contribution in [0.15, 0.2) is 59.6 Å². The van der Waals surface area contributed by atoms with Crippen LogP contribution in [0.5, 0.6) is 5.75 Å². The van der Waals surface area contributed by atoms with E-state index in [2.05, 4.69) is 4.90 Å². The van der Waals surface area contributed by atoms with Crippen LogP contribution in [-0.2, 0) is 0 Å². The summed E-state index contributed by atoms with van der Waals surface area (Å²) in [5, 5.41) is 1.01. The first kappa shape index (κ1) is 16.2. The quantitative estimate of drug-likeness (QED) is 0.486. The Morgan fingerprint density at radius 2 is 1.56 bits per heavy atom. The SMILES string of the molecule is c1ccc(OCCSc2nc3ccccc3nc2N2CCCC2)cc1. The van der Waals surface area contributed by atoms with Gasteiger partial charge in [0.15, 0.2) is 5.82 Å². The van der Waals surface area contributed by atoms with Gasteiger partial charge in [0.25, 0.3) is 0 Å². The van der Waals surface area contributed by atoms with Gasteiger partial charge in [-0.05, 0) is 37.1 Å². The number of rotatable bonds is 6. The molecule has 0 spiro atoms. The summed E-state index contributed by atoms with van der Waals surface area (Å²) in [7, 11) is 0. The number of fused-ring (bicyclic) bond motifs is 1. The normalized spacial score (nSPS) is 14.2. The summed E-state index contributed by atoms with van der Waals surface area (Å²) in [5.74, 6) is 2.79. The van der Waals surface area contributed by atoms with Crippen LogP contribution in [0, 0.1) is 0 Å². The van der Waals surface area contributed by atoms with E-state index in [1.807, 2.05) is 54.6 Å². The number of anilines is 1. The molecule has 0 aliphatic carbocycles. The molecule has 4 nitrogen and oxygen atoms in total. The molecule has 0 bridgehead atoms. The Morgan fingerprint density at radius 1 is 0.880 bits per heavy atom. The van der Waals surface area contributed by atoms with Gasteiger partial charge in [0.1, 0.15) is 10.8 Å². The maximum Gasteiger partial charge on any atom is 0.161 e. The van der Waals surface area contributed by atoms with Crippen molar-refractivity contribution in [3.63, 3.8) is 0 Å². The molecule has 0 amide bonds. The molecule has 1 saturated heterocycles. The monoisotopic (exact) mass is 351 g/mol. The van der Waals surface area contributed by atoms with Gasteiger partial charge in [-0.15, -0.1) is 0 Å². The Bertz CT molecular complexity index is 835. The zero-order valence-corrected chi connectivity index (χ0v) is 14.9. The standard InChI is InChI=1S/C20H21N3OS/c1-2-8-16(9-3-1)24-14-15-25-20-19(23-12-6-7-13-23)21-17-10-4-5-11-18(17)22-20/h1-5,8-11H,6-7,12-15H2. The smallest absolute Gasteiger partial charge is 0.161 e. The zero-order chi connectivity index (χ0) is 16.9. The van der Waals surface area contributed by atoms with Gasteiger partial charge in [-0.1, -0.05) is 42.1 Å². The molecule has 5 heteroatoms. The highest BCUT2D eigenvalue weighted by atomic mass is 32.2. The van der Waals surface area contributed by atoms with Crippen LogP contribution in [0.1, 0.15) is 12.8 Å². The van der Waals surface area contributed by atoms with Crippen LogP contribution in [0.3, 0.4) is 0 Å². The van der Waals surface area contributed by atoms with Crippen LogP contribution in [0.4, 0.5) is 5.82 Å². The zero-order valence-electron chi connectivity index (χ0n) is 14.1. The van der Waals surface area contributed by atoms with E-state index in [1.54, 1.807) is 11.8 Å². The first-order chi connectivity index (χ1) is 12.4. The van der Waals surface area contributed by atoms with Crippen LogP contribution >= 0.6 is 11.8 Å². The molecule has 1 aliphatic heterocycles. The Labute approximate surface area is 152 Å². The summed E-state index contributed by atoms with van der Waals surface area (Å²) in [4.78, 5) is 12.1. The lowest BCUT2D eigenvalue weighted by atomic mass is 10.3. The highest BCUT2D eigenvalue weighted by Crippen LogP contribution is 2.31. The molecular weight excluding hydrogens is 330 g/mol. The Balaban J connectivity index is 1.49. The van der Waals surface area contributed by atoms with Gasteiger partial charge >= 0.3 is 0 Å². The van der Waals surface area contributed by atoms with Crippen molar-refractivity contribution in [3.05, 3.63) is 54.6 Å². The highest BCUT2D eigenvalue weighted by molar-refractivity contribution is 7.99. The average molecular weight is 351 g/mol. The third-order valence-electron chi connectivity index (χ3n) is 4.26. The topological polar surface area (TPSA) is 38.3 Å². The number of thioether (sulfide) groups is 1. The number of nitrogens with zero attached hydrogens (tertiary/aromatic N) is 3. The minimum absolute atomic E-state index is 0.655. The van der Waals surface area contributed by atoms with Crippen LogP contribution < -0.4 is 9.64 Å². The Morgan fingerprint density at radius 3 is 2.32 bits per heavy atom. The predicted octanol–water partition coefficient (Wildman–Crippen LogP) is 4.40. The van der Waals surface area contributed by atoms with E-state index >= 15 is 0 Å². The molecule has 0 saturated carbocycles. The summed E-state index contributed by atoms with van der Waals surface area (Å²) in [6.07, 6.45) is 2.46. The predicted molar refractivity (Wildman–Crippen MR) is 104 cm³/mol. The van der Waals surface area contributed by atoms with E-state index in [9.17, 15) is 0 Å². The van der Waals surface area contributed by atoms with Crippen molar-refractivity contribution in [3.8, 4) is 5.75 Å². The summed E-state index contributed by atoms with van der Waals surface area (Å²) in [6, 6.07) is 18.0. The van der Waals surface area contributed by atoms with Crippen molar-refractivity contribution in [2.45, 2.75) is 17.9 Å². The van der Waals surface area contributed by atoms with Gasteiger partial charge in [-0.25, -0.2) is 9.97 Å². The molecule has 1 aliphatic rings. The fourth-order valence-corrected chi connectivity index (χ4v) is 3.85. The molecule has 3 aromatic rings. The third kappa shape index (κ3) is 3.87. The average Bonchev–Trinajstić information content (AvgIpc) is 3.20. The minimum Gasteiger partial charge on any atom is -0.493 e. The van der Waals surface area contributed by atoms with Gasteiger partial charge < -0.3 is 9.64 Å². The molecule has 2 aromatic carbocycles.